The van der Waals surface area contributed by atoms with Crippen LogP contribution >= 0.6 is 23.2 Å². The second-order valence-electron chi connectivity index (χ2n) is 3.47. The van der Waals surface area contributed by atoms with Crippen LogP contribution in [0.15, 0.2) is 35.1 Å². The van der Waals surface area contributed by atoms with Gasteiger partial charge in [0.25, 0.3) is 5.56 Å². The van der Waals surface area contributed by atoms with Gasteiger partial charge >= 0.3 is 0 Å². The third kappa shape index (κ3) is 1.19. The summed E-state index contributed by atoms with van der Waals surface area (Å²) < 4.78 is 1.65. The van der Waals surface area contributed by atoms with Crippen LogP contribution in [0.1, 0.15) is 0 Å². The maximum Gasteiger partial charge on any atom is 0.274 e. The lowest BCUT2D eigenvalue weighted by Crippen LogP contribution is -2.10. The van der Waals surface area contributed by atoms with Crippen LogP contribution in [0.25, 0.3) is 16.6 Å². The summed E-state index contributed by atoms with van der Waals surface area (Å²) in [6.07, 6.45) is 0. The highest BCUT2D eigenvalue weighted by Crippen LogP contribution is 2.26. The number of rotatable bonds is 0. The summed E-state index contributed by atoms with van der Waals surface area (Å²) in [5.74, 6) is 0. The molecular formula is C11H6Cl2N2O. The number of aromatic amines is 1. The number of para-hydroxylation sites is 2. The van der Waals surface area contributed by atoms with Gasteiger partial charge in [0.2, 0.25) is 0 Å². The van der Waals surface area contributed by atoms with E-state index in [-0.39, 0.29) is 5.56 Å². The number of H-pyrrole nitrogens is 1. The Labute approximate surface area is 100 Å². The molecule has 2 aromatic heterocycles. The van der Waals surface area contributed by atoms with E-state index in [1.807, 2.05) is 24.3 Å². The number of halogens is 2. The Morgan fingerprint density at radius 1 is 1.19 bits per heavy atom. The molecule has 0 atom stereocenters. The molecule has 1 N–H and O–H groups in total. The van der Waals surface area contributed by atoms with Crippen molar-refractivity contribution in [3.63, 3.8) is 0 Å². The van der Waals surface area contributed by atoms with Gasteiger partial charge in [-0.1, -0.05) is 35.3 Å². The second-order valence-corrected chi connectivity index (χ2v) is 4.26. The Bertz CT molecular complexity index is 758. The van der Waals surface area contributed by atoms with E-state index in [1.165, 1.54) is 0 Å². The monoisotopic (exact) mass is 252 g/mol. The molecule has 0 aliphatic rings. The van der Waals surface area contributed by atoms with E-state index in [2.05, 4.69) is 4.98 Å². The number of fused-ring (bicyclic) bond motifs is 3. The van der Waals surface area contributed by atoms with E-state index in [0.717, 1.165) is 11.0 Å². The Kier molecular flexibility index (Phi) is 1.99. The van der Waals surface area contributed by atoms with Crippen LogP contribution < -0.4 is 5.56 Å². The zero-order chi connectivity index (χ0) is 11.3. The molecule has 3 nitrogen and oxygen atoms in total. The van der Waals surface area contributed by atoms with Gasteiger partial charge < -0.3 is 4.98 Å². The topological polar surface area (TPSA) is 37.3 Å². The lowest BCUT2D eigenvalue weighted by atomic mass is 10.3. The van der Waals surface area contributed by atoms with E-state index < -0.39 is 0 Å². The first kappa shape index (κ1) is 9.75. The predicted molar refractivity (Wildman–Crippen MR) is 65.5 cm³/mol. The van der Waals surface area contributed by atoms with Crippen molar-refractivity contribution in [1.29, 1.82) is 0 Å². The quantitative estimate of drug-likeness (QED) is 0.656. The predicted octanol–water partition coefficient (Wildman–Crippen LogP) is 3.09. The summed E-state index contributed by atoms with van der Waals surface area (Å²) in [6.45, 7) is 0. The van der Waals surface area contributed by atoms with Crippen LogP contribution in [0.4, 0.5) is 0 Å². The lowest BCUT2D eigenvalue weighted by molar-refractivity contribution is 1.19. The molecule has 0 bridgehead atoms. The SMILES string of the molecule is O=c1[nH]c2ccccc2n2c(Cl)cc(Cl)c12. The minimum absolute atomic E-state index is 0.240. The van der Waals surface area contributed by atoms with Crippen molar-refractivity contribution < 1.29 is 0 Å². The molecule has 0 fully saturated rings. The number of benzene rings is 1. The van der Waals surface area contributed by atoms with Gasteiger partial charge in [0, 0.05) is 0 Å². The number of hydrogen-bond acceptors (Lipinski definition) is 1. The summed E-state index contributed by atoms with van der Waals surface area (Å²) in [5, 5.41) is 0.791. The third-order valence-electron chi connectivity index (χ3n) is 2.52. The zero-order valence-electron chi connectivity index (χ0n) is 8.00. The van der Waals surface area contributed by atoms with Gasteiger partial charge in [-0.15, -0.1) is 0 Å². The van der Waals surface area contributed by atoms with E-state index in [0.29, 0.717) is 15.7 Å². The largest absolute Gasteiger partial charge is 0.319 e. The van der Waals surface area contributed by atoms with Crippen molar-refractivity contribution in [2.75, 3.05) is 0 Å². The zero-order valence-corrected chi connectivity index (χ0v) is 9.51. The van der Waals surface area contributed by atoms with Crippen LogP contribution in [0, 0.1) is 0 Å². The van der Waals surface area contributed by atoms with Crippen molar-refractivity contribution >= 4 is 39.8 Å². The lowest BCUT2D eigenvalue weighted by Gasteiger charge is -2.03. The second kappa shape index (κ2) is 3.27. The summed E-state index contributed by atoms with van der Waals surface area (Å²) in [5.41, 5.74) is 1.70. The fourth-order valence-electron chi connectivity index (χ4n) is 1.85. The average Bonchev–Trinajstić information content (AvgIpc) is 2.55. The Morgan fingerprint density at radius 2 is 1.94 bits per heavy atom. The van der Waals surface area contributed by atoms with Gasteiger partial charge in [-0.25, -0.2) is 0 Å². The van der Waals surface area contributed by atoms with Crippen molar-refractivity contribution in [1.82, 2.24) is 9.38 Å². The highest BCUT2D eigenvalue weighted by Gasteiger charge is 2.12. The molecule has 3 rings (SSSR count). The van der Waals surface area contributed by atoms with Crippen LogP contribution in [-0.4, -0.2) is 9.38 Å². The first-order valence-corrected chi connectivity index (χ1v) is 5.41. The van der Waals surface area contributed by atoms with Crippen molar-refractivity contribution in [2.24, 2.45) is 0 Å². The van der Waals surface area contributed by atoms with Crippen LogP contribution in [0.3, 0.4) is 0 Å². The standard InChI is InChI=1S/C11H6Cl2N2O/c12-6-5-9(13)15-8-4-2-1-3-7(8)14-11(16)10(6)15/h1-5H,(H,14,16). The van der Waals surface area contributed by atoms with Gasteiger partial charge in [0.05, 0.1) is 16.1 Å². The Hall–Kier alpha value is -1.45. The minimum atomic E-state index is -0.240. The number of nitrogens with zero attached hydrogens (tertiary/aromatic N) is 1. The van der Waals surface area contributed by atoms with Crippen molar-refractivity contribution in [3.05, 3.63) is 50.9 Å². The summed E-state index contributed by atoms with van der Waals surface area (Å²) in [4.78, 5) is 14.6. The van der Waals surface area contributed by atoms with E-state index in [9.17, 15) is 4.79 Å². The molecule has 1 aromatic carbocycles. The fraction of sp³-hybridized carbons (Fsp3) is 0. The molecular weight excluding hydrogens is 247 g/mol. The number of hydrogen-bond donors (Lipinski definition) is 1. The maximum absolute atomic E-state index is 11.8. The molecule has 0 aliphatic carbocycles. The minimum Gasteiger partial charge on any atom is -0.319 e. The van der Waals surface area contributed by atoms with Gasteiger partial charge in [0.1, 0.15) is 10.7 Å². The van der Waals surface area contributed by atoms with Crippen molar-refractivity contribution in [2.45, 2.75) is 0 Å². The van der Waals surface area contributed by atoms with Gasteiger partial charge in [-0.3, -0.25) is 9.20 Å². The molecule has 0 radical (unpaired) electrons. The molecule has 0 saturated heterocycles. The summed E-state index contributed by atoms with van der Waals surface area (Å²) >= 11 is 12.0. The Morgan fingerprint density at radius 3 is 2.75 bits per heavy atom. The van der Waals surface area contributed by atoms with Gasteiger partial charge in [-0.05, 0) is 18.2 Å². The number of nitrogens with one attached hydrogen (secondary N) is 1. The van der Waals surface area contributed by atoms with Crippen molar-refractivity contribution in [3.8, 4) is 0 Å². The smallest absolute Gasteiger partial charge is 0.274 e. The van der Waals surface area contributed by atoms with Crippen LogP contribution in [0.5, 0.6) is 0 Å². The molecule has 80 valence electrons. The van der Waals surface area contributed by atoms with E-state index in [1.54, 1.807) is 10.5 Å². The first-order chi connectivity index (χ1) is 7.68. The first-order valence-electron chi connectivity index (χ1n) is 4.66. The normalized spacial score (nSPS) is 11.4. The maximum atomic E-state index is 11.8. The van der Waals surface area contributed by atoms with E-state index in [4.69, 9.17) is 23.2 Å². The Balaban J connectivity index is 2.74. The molecule has 3 aromatic rings. The highest BCUT2D eigenvalue weighted by molar-refractivity contribution is 6.37. The molecule has 5 heteroatoms. The summed E-state index contributed by atoms with van der Waals surface area (Å²) in [7, 11) is 0. The van der Waals surface area contributed by atoms with E-state index >= 15 is 0 Å². The molecule has 0 amide bonds. The van der Waals surface area contributed by atoms with Gasteiger partial charge in [0.15, 0.2) is 0 Å². The molecule has 0 aliphatic heterocycles. The van der Waals surface area contributed by atoms with Crippen LogP contribution in [0.2, 0.25) is 10.2 Å². The fourth-order valence-corrected chi connectivity index (χ4v) is 2.47. The molecule has 2 heterocycles. The average molecular weight is 253 g/mol. The third-order valence-corrected chi connectivity index (χ3v) is 3.08. The van der Waals surface area contributed by atoms with Gasteiger partial charge in [-0.2, -0.15) is 0 Å². The molecule has 0 unspecified atom stereocenters. The van der Waals surface area contributed by atoms with Crippen LogP contribution in [-0.2, 0) is 0 Å². The molecule has 0 saturated carbocycles. The molecule has 0 spiro atoms. The number of aromatic nitrogens is 2. The highest BCUT2D eigenvalue weighted by atomic mass is 35.5. The molecule has 16 heavy (non-hydrogen) atoms. The summed E-state index contributed by atoms with van der Waals surface area (Å²) in [6, 6.07) is 8.99.